The van der Waals surface area contributed by atoms with E-state index < -0.39 is 18.6 Å². The number of benzene rings is 1. The molecule has 3 nitrogen and oxygen atoms in total. The van der Waals surface area contributed by atoms with E-state index in [-0.39, 0.29) is 11.4 Å². The normalized spacial score (nSPS) is 11.3. The van der Waals surface area contributed by atoms with E-state index in [1.165, 1.54) is 6.08 Å². The smallest absolute Gasteiger partial charge is 0.325 e. The molecule has 122 valence electrons. The van der Waals surface area contributed by atoms with Gasteiger partial charge in [0.1, 0.15) is 16.4 Å². The Balaban J connectivity index is 2.31. The average molecular weight is 340 g/mol. The first-order valence-corrected chi connectivity index (χ1v) is 7.63. The number of aromatic nitrogens is 1. The van der Waals surface area contributed by atoms with Crippen LogP contribution in [-0.4, -0.2) is 35.1 Å². The number of carbonyl (C=O) groups is 1. The van der Waals surface area contributed by atoms with Crippen molar-refractivity contribution in [3.63, 3.8) is 0 Å². The second-order valence-corrected chi connectivity index (χ2v) is 5.89. The van der Waals surface area contributed by atoms with Gasteiger partial charge >= 0.3 is 6.18 Å². The van der Waals surface area contributed by atoms with Crippen LogP contribution in [0.15, 0.2) is 43.0 Å². The third kappa shape index (κ3) is 4.41. The van der Waals surface area contributed by atoms with E-state index in [1.54, 1.807) is 6.92 Å². The maximum atomic E-state index is 12.6. The van der Waals surface area contributed by atoms with Crippen LogP contribution in [0.1, 0.15) is 15.4 Å². The number of thiazole rings is 1. The molecule has 0 aliphatic heterocycles. The second kappa shape index (κ2) is 6.95. The standard InChI is InChI=1S/C16H15F3N2OS/c1-3-9-21(10-16(17,18)19)15(22)13-11(2)20-14(23-13)12-7-5-4-6-8-12/h3-8H,1,9-10H2,2H3. The maximum Gasteiger partial charge on any atom is 0.406 e. The fourth-order valence-electron chi connectivity index (χ4n) is 2.03. The highest BCUT2D eigenvalue weighted by atomic mass is 32.1. The van der Waals surface area contributed by atoms with Crippen molar-refractivity contribution in [1.29, 1.82) is 0 Å². The molecule has 0 saturated carbocycles. The summed E-state index contributed by atoms with van der Waals surface area (Å²) in [7, 11) is 0. The SMILES string of the molecule is C=CCN(CC(F)(F)F)C(=O)c1sc(-c2ccccc2)nc1C. The Labute approximate surface area is 136 Å². The van der Waals surface area contributed by atoms with E-state index in [0.717, 1.165) is 21.8 Å². The highest BCUT2D eigenvalue weighted by Gasteiger charge is 2.34. The fourth-order valence-corrected chi connectivity index (χ4v) is 3.07. The summed E-state index contributed by atoms with van der Waals surface area (Å²) in [6.45, 7) is 3.55. The van der Waals surface area contributed by atoms with Gasteiger partial charge in [-0.05, 0) is 6.92 Å². The molecular weight excluding hydrogens is 325 g/mol. The van der Waals surface area contributed by atoms with Gasteiger partial charge in [0.05, 0.1) is 5.69 Å². The molecule has 0 atom stereocenters. The van der Waals surface area contributed by atoms with Gasteiger partial charge < -0.3 is 4.90 Å². The van der Waals surface area contributed by atoms with Crippen molar-refractivity contribution in [3.8, 4) is 10.6 Å². The van der Waals surface area contributed by atoms with Gasteiger partial charge in [0.15, 0.2) is 0 Å². The Morgan fingerprint density at radius 1 is 1.35 bits per heavy atom. The predicted molar refractivity (Wildman–Crippen MR) is 84.4 cm³/mol. The molecule has 1 aromatic carbocycles. The molecule has 0 bridgehead atoms. The molecule has 0 aliphatic rings. The zero-order chi connectivity index (χ0) is 17.0. The number of nitrogens with zero attached hydrogens (tertiary/aromatic N) is 2. The summed E-state index contributed by atoms with van der Waals surface area (Å²) in [5.74, 6) is -0.681. The van der Waals surface area contributed by atoms with Gasteiger partial charge in [0, 0.05) is 12.1 Å². The van der Waals surface area contributed by atoms with Crippen LogP contribution >= 0.6 is 11.3 Å². The van der Waals surface area contributed by atoms with Crippen LogP contribution in [0, 0.1) is 6.92 Å². The number of alkyl halides is 3. The van der Waals surface area contributed by atoms with E-state index >= 15 is 0 Å². The first-order chi connectivity index (χ1) is 10.8. The van der Waals surface area contributed by atoms with Gasteiger partial charge in [0.25, 0.3) is 5.91 Å². The van der Waals surface area contributed by atoms with E-state index in [9.17, 15) is 18.0 Å². The molecule has 0 N–H and O–H groups in total. The summed E-state index contributed by atoms with van der Waals surface area (Å²) in [6, 6.07) is 9.20. The Bertz CT molecular complexity index is 695. The van der Waals surface area contributed by atoms with Crippen molar-refractivity contribution in [3.05, 3.63) is 53.6 Å². The molecule has 2 aromatic rings. The summed E-state index contributed by atoms with van der Waals surface area (Å²) in [4.78, 5) is 17.7. The van der Waals surface area contributed by atoms with Crippen LogP contribution < -0.4 is 0 Å². The number of carbonyl (C=O) groups excluding carboxylic acids is 1. The zero-order valence-corrected chi connectivity index (χ0v) is 13.2. The maximum absolute atomic E-state index is 12.6. The minimum absolute atomic E-state index is 0.170. The van der Waals surface area contributed by atoms with Gasteiger partial charge in [-0.3, -0.25) is 4.79 Å². The number of halogens is 3. The summed E-state index contributed by atoms with van der Waals surface area (Å²) < 4.78 is 37.9. The van der Waals surface area contributed by atoms with Gasteiger partial charge in [-0.2, -0.15) is 13.2 Å². The molecule has 0 aliphatic carbocycles. The Kier molecular flexibility index (Phi) is 5.20. The molecule has 23 heavy (non-hydrogen) atoms. The van der Waals surface area contributed by atoms with E-state index in [0.29, 0.717) is 10.7 Å². The molecule has 1 aromatic heterocycles. The van der Waals surface area contributed by atoms with Crippen LogP contribution in [0.5, 0.6) is 0 Å². The third-order valence-electron chi connectivity index (χ3n) is 3.02. The Morgan fingerprint density at radius 3 is 2.57 bits per heavy atom. The van der Waals surface area contributed by atoms with Crippen molar-refractivity contribution in [2.24, 2.45) is 0 Å². The van der Waals surface area contributed by atoms with Gasteiger partial charge in [0.2, 0.25) is 0 Å². The molecule has 0 radical (unpaired) electrons. The van der Waals surface area contributed by atoms with Crippen molar-refractivity contribution in [2.45, 2.75) is 13.1 Å². The van der Waals surface area contributed by atoms with Crippen LogP contribution in [0.2, 0.25) is 0 Å². The van der Waals surface area contributed by atoms with E-state index in [4.69, 9.17) is 0 Å². The Hall–Kier alpha value is -2.15. The highest BCUT2D eigenvalue weighted by Crippen LogP contribution is 2.29. The molecule has 1 amide bonds. The van der Waals surface area contributed by atoms with Crippen molar-refractivity contribution >= 4 is 17.2 Å². The summed E-state index contributed by atoms with van der Waals surface area (Å²) >= 11 is 1.10. The lowest BCUT2D eigenvalue weighted by atomic mass is 10.2. The number of rotatable bonds is 5. The first-order valence-electron chi connectivity index (χ1n) is 6.81. The number of hydrogen-bond donors (Lipinski definition) is 0. The summed E-state index contributed by atoms with van der Waals surface area (Å²) in [6.07, 6.45) is -3.18. The van der Waals surface area contributed by atoms with Crippen molar-refractivity contribution < 1.29 is 18.0 Å². The second-order valence-electron chi connectivity index (χ2n) is 4.89. The average Bonchev–Trinajstić information content (AvgIpc) is 2.88. The van der Waals surface area contributed by atoms with Gasteiger partial charge in [-0.25, -0.2) is 4.98 Å². The van der Waals surface area contributed by atoms with Crippen molar-refractivity contribution in [1.82, 2.24) is 9.88 Å². The summed E-state index contributed by atoms with van der Waals surface area (Å²) in [5, 5.41) is 0.608. The predicted octanol–water partition coefficient (Wildman–Crippen LogP) is 4.31. The number of amides is 1. The molecule has 2 rings (SSSR count). The Morgan fingerprint density at radius 2 is 2.00 bits per heavy atom. The van der Waals surface area contributed by atoms with Crippen LogP contribution in [0.25, 0.3) is 10.6 Å². The fraction of sp³-hybridized carbons (Fsp3) is 0.250. The monoisotopic (exact) mass is 340 g/mol. The zero-order valence-electron chi connectivity index (χ0n) is 12.4. The first kappa shape index (κ1) is 17.2. The van der Waals surface area contributed by atoms with Crippen LogP contribution in [0.3, 0.4) is 0 Å². The largest absolute Gasteiger partial charge is 0.406 e. The molecule has 7 heteroatoms. The molecule has 0 saturated heterocycles. The number of hydrogen-bond acceptors (Lipinski definition) is 3. The van der Waals surface area contributed by atoms with Crippen molar-refractivity contribution in [2.75, 3.05) is 13.1 Å². The van der Waals surface area contributed by atoms with E-state index in [2.05, 4.69) is 11.6 Å². The lowest BCUT2D eigenvalue weighted by Crippen LogP contribution is -2.39. The molecular formula is C16H15F3N2OS. The lowest BCUT2D eigenvalue weighted by molar-refractivity contribution is -0.139. The van der Waals surface area contributed by atoms with Crippen LogP contribution in [0.4, 0.5) is 13.2 Å². The summed E-state index contributed by atoms with van der Waals surface area (Å²) in [5.41, 5.74) is 1.25. The number of aryl methyl sites for hydroxylation is 1. The minimum Gasteiger partial charge on any atom is -0.325 e. The molecule has 0 unspecified atom stereocenters. The topological polar surface area (TPSA) is 33.2 Å². The molecule has 0 fully saturated rings. The highest BCUT2D eigenvalue weighted by molar-refractivity contribution is 7.17. The van der Waals surface area contributed by atoms with Crippen LogP contribution in [-0.2, 0) is 0 Å². The van der Waals surface area contributed by atoms with Gasteiger partial charge in [-0.15, -0.1) is 17.9 Å². The van der Waals surface area contributed by atoms with Gasteiger partial charge in [-0.1, -0.05) is 36.4 Å². The van der Waals surface area contributed by atoms with E-state index in [1.807, 2.05) is 30.3 Å². The lowest BCUT2D eigenvalue weighted by Gasteiger charge is -2.22. The molecule has 0 spiro atoms. The quantitative estimate of drug-likeness (QED) is 0.760. The minimum atomic E-state index is -4.46. The molecule has 1 heterocycles. The third-order valence-corrected chi connectivity index (χ3v) is 4.21.